The van der Waals surface area contributed by atoms with Crippen LogP contribution in [0.3, 0.4) is 0 Å². The number of guanidine groups is 1. The molecule has 1 saturated carbocycles. The van der Waals surface area contributed by atoms with E-state index in [1.807, 2.05) is 19.3 Å². The Hall–Kier alpha value is -1.78. The molecule has 2 heterocycles. The second-order valence-corrected chi connectivity index (χ2v) is 7.50. The van der Waals surface area contributed by atoms with Crippen LogP contribution in [0.25, 0.3) is 0 Å². The summed E-state index contributed by atoms with van der Waals surface area (Å²) in [7, 11) is 1.85. The lowest BCUT2D eigenvalue weighted by molar-refractivity contribution is 0.288. The third-order valence-electron chi connectivity index (χ3n) is 4.60. The van der Waals surface area contributed by atoms with E-state index in [-0.39, 0.29) is 0 Å². The molecule has 0 aromatic carbocycles. The second-order valence-electron chi connectivity index (χ2n) is 7.50. The number of likely N-dealkylation sites (tertiary alicyclic amines) is 1. The molecule has 1 saturated heterocycles. The van der Waals surface area contributed by atoms with E-state index in [0.29, 0.717) is 5.41 Å². The summed E-state index contributed by atoms with van der Waals surface area (Å²) in [6, 6.07) is 4.03. The Morgan fingerprint density at radius 2 is 2.26 bits per heavy atom. The van der Waals surface area contributed by atoms with Crippen LogP contribution in [0.4, 0.5) is 0 Å². The molecule has 5 nitrogen and oxygen atoms in total. The second kappa shape index (κ2) is 6.77. The number of nitrogens with one attached hydrogen (secondary N) is 1. The third kappa shape index (κ3) is 4.60. The van der Waals surface area contributed by atoms with Crippen LogP contribution >= 0.6 is 0 Å². The summed E-state index contributed by atoms with van der Waals surface area (Å²) < 4.78 is 5.67. The molecular formula is C18H28N4O. The number of hydrogen-bond acceptors (Lipinski definition) is 3. The summed E-state index contributed by atoms with van der Waals surface area (Å²) in [5.41, 5.74) is 1.52. The van der Waals surface area contributed by atoms with Gasteiger partial charge in [0.05, 0.1) is 6.61 Å². The number of rotatable bonds is 5. The van der Waals surface area contributed by atoms with E-state index in [1.165, 1.54) is 19.3 Å². The number of hydrogen-bond donors (Lipinski definition) is 1. The fraction of sp³-hybridized carbons (Fsp3) is 0.667. The zero-order chi connectivity index (χ0) is 16.3. The molecule has 23 heavy (non-hydrogen) atoms. The number of aromatic nitrogens is 1. The molecule has 0 atom stereocenters. The molecule has 1 aromatic rings. The smallest absolute Gasteiger partial charge is 0.213 e. The van der Waals surface area contributed by atoms with Crippen LogP contribution in [0, 0.1) is 11.3 Å². The Bertz CT molecular complexity index is 549. The Kier molecular flexibility index (Phi) is 4.74. The van der Waals surface area contributed by atoms with Crippen molar-refractivity contribution in [1.29, 1.82) is 0 Å². The zero-order valence-corrected chi connectivity index (χ0v) is 14.5. The minimum atomic E-state index is 0.375. The first-order valence-corrected chi connectivity index (χ1v) is 8.59. The summed E-state index contributed by atoms with van der Waals surface area (Å²) in [4.78, 5) is 11.1. The highest BCUT2D eigenvalue weighted by Crippen LogP contribution is 2.29. The number of nitrogens with zero attached hydrogens (tertiary/aromatic N) is 3. The van der Waals surface area contributed by atoms with E-state index in [4.69, 9.17) is 4.74 Å². The molecule has 126 valence electrons. The summed E-state index contributed by atoms with van der Waals surface area (Å²) in [6.45, 7) is 8.29. The van der Waals surface area contributed by atoms with Gasteiger partial charge < -0.3 is 15.0 Å². The van der Waals surface area contributed by atoms with Crippen LogP contribution in [-0.2, 0) is 6.54 Å². The molecule has 0 amide bonds. The van der Waals surface area contributed by atoms with Crippen molar-refractivity contribution in [2.75, 3.05) is 26.7 Å². The van der Waals surface area contributed by atoms with E-state index >= 15 is 0 Å². The molecule has 0 radical (unpaired) electrons. The van der Waals surface area contributed by atoms with Gasteiger partial charge in [-0.05, 0) is 36.2 Å². The van der Waals surface area contributed by atoms with Gasteiger partial charge in [0.15, 0.2) is 5.96 Å². The van der Waals surface area contributed by atoms with E-state index in [9.17, 15) is 0 Å². The van der Waals surface area contributed by atoms with E-state index in [0.717, 1.165) is 49.6 Å². The number of ether oxygens (including phenoxy) is 1. The van der Waals surface area contributed by atoms with Crippen molar-refractivity contribution < 1.29 is 4.74 Å². The van der Waals surface area contributed by atoms with Gasteiger partial charge in [-0.25, -0.2) is 4.98 Å². The summed E-state index contributed by atoms with van der Waals surface area (Å²) >= 11 is 0. The maximum Gasteiger partial charge on any atom is 0.213 e. The van der Waals surface area contributed by atoms with Crippen LogP contribution < -0.4 is 10.1 Å². The fourth-order valence-corrected chi connectivity index (χ4v) is 2.90. The van der Waals surface area contributed by atoms with Crippen molar-refractivity contribution in [3.63, 3.8) is 0 Å². The van der Waals surface area contributed by atoms with Crippen LogP contribution in [0.5, 0.6) is 5.88 Å². The number of pyridine rings is 1. The van der Waals surface area contributed by atoms with Gasteiger partial charge in [-0.2, -0.15) is 0 Å². The quantitative estimate of drug-likeness (QED) is 0.670. The highest BCUT2D eigenvalue weighted by Gasteiger charge is 2.30. The maximum atomic E-state index is 5.67. The normalized spacial score (nSPS) is 20.7. The van der Waals surface area contributed by atoms with Crippen molar-refractivity contribution in [2.24, 2.45) is 16.3 Å². The zero-order valence-electron chi connectivity index (χ0n) is 14.5. The fourth-order valence-electron chi connectivity index (χ4n) is 2.90. The Morgan fingerprint density at radius 3 is 2.83 bits per heavy atom. The molecule has 0 bridgehead atoms. The van der Waals surface area contributed by atoms with Gasteiger partial charge >= 0.3 is 0 Å². The monoisotopic (exact) mass is 316 g/mol. The highest BCUT2D eigenvalue weighted by atomic mass is 16.5. The van der Waals surface area contributed by atoms with Crippen molar-refractivity contribution >= 4 is 5.96 Å². The van der Waals surface area contributed by atoms with Gasteiger partial charge in [0.1, 0.15) is 0 Å². The molecule has 1 aliphatic carbocycles. The topological polar surface area (TPSA) is 49.8 Å². The number of aliphatic imine (C=N–C) groups is 1. The molecule has 3 rings (SSSR count). The first-order chi connectivity index (χ1) is 11.1. The molecule has 2 fully saturated rings. The lowest BCUT2D eigenvalue weighted by atomic mass is 9.93. The van der Waals surface area contributed by atoms with Gasteiger partial charge in [0.2, 0.25) is 5.88 Å². The van der Waals surface area contributed by atoms with Crippen molar-refractivity contribution in [3.8, 4) is 5.88 Å². The predicted molar refractivity (Wildman–Crippen MR) is 92.6 cm³/mol. The Balaban J connectivity index is 1.48. The molecule has 0 spiro atoms. The molecule has 2 aliphatic rings. The van der Waals surface area contributed by atoms with E-state index in [1.54, 1.807) is 0 Å². The van der Waals surface area contributed by atoms with Crippen molar-refractivity contribution in [1.82, 2.24) is 15.2 Å². The third-order valence-corrected chi connectivity index (χ3v) is 4.60. The lowest BCUT2D eigenvalue weighted by Crippen LogP contribution is -2.40. The summed E-state index contributed by atoms with van der Waals surface area (Å²) in [6.07, 6.45) is 5.70. The molecular weight excluding hydrogens is 288 g/mol. The Labute approximate surface area is 139 Å². The molecule has 0 unspecified atom stereocenters. The van der Waals surface area contributed by atoms with Crippen LogP contribution in [-0.4, -0.2) is 42.6 Å². The summed E-state index contributed by atoms with van der Waals surface area (Å²) in [5, 5.41) is 3.44. The highest BCUT2D eigenvalue weighted by molar-refractivity contribution is 5.80. The largest absolute Gasteiger partial charge is 0.477 e. The van der Waals surface area contributed by atoms with E-state index in [2.05, 4.69) is 40.1 Å². The predicted octanol–water partition coefficient (Wildman–Crippen LogP) is 2.68. The molecule has 5 heteroatoms. The van der Waals surface area contributed by atoms with Gasteiger partial charge in [0.25, 0.3) is 0 Å². The van der Waals surface area contributed by atoms with Gasteiger partial charge in [-0.15, -0.1) is 0 Å². The SMILES string of the molecule is CN=C(NCc1ccc(OCC2CC2)nc1)N1CCC(C)(C)C1. The van der Waals surface area contributed by atoms with E-state index < -0.39 is 0 Å². The minimum Gasteiger partial charge on any atom is -0.477 e. The van der Waals surface area contributed by atoms with Crippen LogP contribution in [0.15, 0.2) is 23.3 Å². The summed E-state index contributed by atoms with van der Waals surface area (Å²) in [5.74, 6) is 2.46. The average molecular weight is 316 g/mol. The van der Waals surface area contributed by atoms with Crippen molar-refractivity contribution in [3.05, 3.63) is 23.9 Å². The average Bonchev–Trinajstić information content (AvgIpc) is 3.30. The van der Waals surface area contributed by atoms with Gasteiger partial charge in [0, 0.05) is 38.9 Å². The molecule has 1 N–H and O–H groups in total. The van der Waals surface area contributed by atoms with Crippen LogP contribution in [0.2, 0.25) is 0 Å². The lowest BCUT2D eigenvalue weighted by Gasteiger charge is -2.23. The molecule has 1 aliphatic heterocycles. The maximum absolute atomic E-state index is 5.67. The van der Waals surface area contributed by atoms with Crippen LogP contribution in [0.1, 0.15) is 38.7 Å². The minimum absolute atomic E-state index is 0.375. The first-order valence-electron chi connectivity index (χ1n) is 8.59. The van der Waals surface area contributed by atoms with Gasteiger partial charge in [-0.3, -0.25) is 4.99 Å². The first kappa shape index (κ1) is 16.1. The van der Waals surface area contributed by atoms with Crippen molar-refractivity contribution in [2.45, 2.75) is 39.7 Å². The van der Waals surface area contributed by atoms with Gasteiger partial charge in [-0.1, -0.05) is 19.9 Å². The Morgan fingerprint density at radius 1 is 1.43 bits per heavy atom. The molecule has 1 aromatic heterocycles. The standard InChI is InChI=1S/C18H28N4O/c1-18(2)8-9-22(13-18)17(19-3)21-11-15-6-7-16(20-10-15)23-12-14-4-5-14/h6-7,10,14H,4-5,8-9,11-13H2,1-3H3,(H,19,21).